The molecule has 0 spiro atoms. The third-order valence-corrected chi connectivity index (χ3v) is 7.93. The Morgan fingerprint density at radius 3 is 2.68 bits per heavy atom. The van der Waals surface area contributed by atoms with Crippen LogP contribution >= 0.6 is 0 Å². The van der Waals surface area contributed by atoms with E-state index in [-0.39, 0.29) is 16.9 Å². The van der Waals surface area contributed by atoms with Gasteiger partial charge in [0.1, 0.15) is 6.10 Å². The monoisotopic (exact) mass is 382 g/mol. The normalized spacial score (nSPS) is 33.7. The van der Waals surface area contributed by atoms with Gasteiger partial charge in [-0.2, -0.15) is 0 Å². The number of nitrogens with one attached hydrogen (secondary N) is 1. The minimum absolute atomic E-state index is 0.133. The Labute approximate surface area is 171 Å². The lowest BCUT2D eigenvalue weighted by atomic mass is 9.50. The van der Waals surface area contributed by atoms with Gasteiger partial charge in [-0.25, -0.2) is 0 Å². The van der Waals surface area contributed by atoms with Gasteiger partial charge in [-0.15, -0.1) is 0 Å². The first-order valence-corrected chi connectivity index (χ1v) is 11.5. The number of aryl methyl sites for hydroxylation is 1. The van der Waals surface area contributed by atoms with Crippen LogP contribution in [0.2, 0.25) is 0 Å². The van der Waals surface area contributed by atoms with E-state index in [0.29, 0.717) is 11.8 Å². The van der Waals surface area contributed by atoms with Gasteiger partial charge in [0.05, 0.1) is 0 Å². The van der Waals surface area contributed by atoms with Crippen LogP contribution in [-0.4, -0.2) is 25.4 Å². The van der Waals surface area contributed by atoms with Gasteiger partial charge in [-0.3, -0.25) is 0 Å². The molecule has 3 atom stereocenters. The zero-order chi connectivity index (χ0) is 19.8. The van der Waals surface area contributed by atoms with E-state index in [1.54, 1.807) is 11.1 Å². The number of piperidine rings is 1. The number of nitrogens with zero attached hydrogens (tertiary/aromatic N) is 1. The standard InChI is InChI=1S/C25H38N2O/c1-18(2)19-6-8-22-20(16-19)7-9-23-24(3,12-5-13-25(22,23)4)17-27-28-21-10-14-26-15-11-21/h6,8,16-18,21,23,26H,5,7,9-15H2,1-4H3/b27-17-/t23-,24-,25+/m0/s1. The smallest absolute Gasteiger partial charge is 0.130 e. The molecule has 3 heteroatoms. The van der Waals surface area contributed by atoms with Gasteiger partial charge in [-0.1, -0.05) is 57.5 Å². The summed E-state index contributed by atoms with van der Waals surface area (Å²) >= 11 is 0. The van der Waals surface area contributed by atoms with E-state index in [9.17, 15) is 0 Å². The number of benzene rings is 1. The highest BCUT2D eigenvalue weighted by Gasteiger charge is 2.51. The minimum Gasteiger partial charge on any atom is -0.393 e. The van der Waals surface area contributed by atoms with E-state index in [1.165, 1.54) is 37.7 Å². The van der Waals surface area contributed by atoms with E-state index in [0.717, 1.165) is 25.9 Å². The van der Waals surface area contributed by atoms with Crippen molar-refractivity contribution in [1.82, 2.24) is 5.32 Å². The molecular formula is C25H38N2O. The first-order chi connectivity index (χ1) is 13.4. The maximum absolute atomic E-state index is 5.90. The van der Waals surface area contributed by atoms with E-state index in [1.807, 2.05) is 0 Å². The highest BCUT2D eigenvalue weighted by molar-refractivity contribution is 5.66. The molecule has 1 aliphatic heterocycles. The lowest BCUT2D eigenvalue weighted by Gasteiger charge is -2.54. The third kappa shape index (κ3) is 3.63. The van der Waals surface area contributed by atoms with Crippen LogP contribution in [0.25, 0.3) is 0 Å². The van der Waals surface area contributed by atoms with Crippen molar-refractivity contribution in [3.8, 4) is 0 Å². The van der Waals surface area contributed by atoms with Crippen LogP contribution in [0.15, 0.2) is 23.4 Å². The van der Waals surface area contributed by atoms with Gasteiger partial charge in [0.2, 0.25) is 0 Å². The van der Waals surface area contributed by atoms with Crippen LogP contribution in [0.1, 0.15) is 88.8 Å². The van der Waals surface area contributed by atoms with Crippen LogP contribution in [-0.2, 0) is 16.7 Å². The molecule has 4 rings (SSSR count). The molecule has 1 saturated heterocycles. The molecule has 154 valence electrons. The molecular weight excluding hydrogens is 344 g/mol. The van der Waals surface area contributed by atoms with Crippen molar-refractivity contribution >= 4 is 6.21 Å². The fourth-order valence-corrected chi connectivity index (χ4v) is 6.21. The average Bonchev–Trinajstić information content (AvgIpc) is 2.68. The third-order valence-electron chi connectivity index (χ3n) is 7.93. The first kappa shape index (κ1) is 19.9. The summed E-state index contributed by atoms with van der Waals surface area (Å²) in [6, 6.07) is 7.31. The topological polar surface area (TPSA) is 33.6 Å². The quantitative estimate of drug-likeness (QED) is 0.545. The van der Waals surface area contributed by atoms with E-state index in [4.69, 9.17) is 4.84 Å². The van der Waals surface area contributed by atoms with Crippen LogP contribution in [0.4, 0.5) is 0 Å². The molecule has 3 aliphatic rings. The molecule has 1 saturated carbocycles. The van der Waals surface area contributed by atoms with Crippen molar-refractivity contribution in [2.75, 3.05) is 13.1 Å². The molecule has 0 amide bonds. The fraction of sp³-hybridized carbons (Fsp3) is 0.720. The Kier molecular flexibility index (Phi) is 5.57. The predicted octanol–water partition coefficient (Wildman–Crippen LogP) is 5.57. The van der Waals surface area contributed by atoms with Crippen molar-refractivity contribution in [2.24, 2.45) is 16.5 Å². The predicted molar refractivity (Wildman–Crippen MR) is 117 cm³/mol. The lowest BCUT2D eigenvalue weighted by molar-refractivity contribution is 0.0309. The zero-order valence-electron chi connectivity index (χ0n) is 18.3. The SMILES string of the molecule is CC(C)c1ccc2c(c1)CC[C@H]1[C@](C)(/C=N\OC3CCNCC3)CCC[C@]21C. The maximum atomic E-state index is 5.90. The average molecular weight is 383 g/mol. The molecule has 2 fully saturated rings. The Morgan fingerprint density at radius 2 is 1.93 bits per heavy atom. The molecule has 3 nitrogen and oxygen atoms in total. The highest BCUT2D eigenvalue weighted by atomic mass is 16.6. The summed E-state index contributed by atoms with van der Waals surface area (Å²) in [5.41, 5.74) is 5.07. The summed E-state index contributed by atoms with van der Waals surface area (Å²) in [7, 11) is 0. The highest BCUT2D eigenvalue weighted by Crippen LogP contribution is 2.56. The Balaban J connectivity index is 1.56. The van der Waals surface area contributed by atoms with Crippen LogP contribution < -0.4 is 5.32 Å². The fourth-order valence-electron chi connectivity index (χ4n) is 6.21. The molecule has 2 aliphatic carbocycles. The number of oxime groups is 1. The Bertz CT molecular complexity index is 721. The van der Waals surface area contributed by atoms with Gasteiger partial charge >= 0.3 is 0 Å². The van der Waals surface area contributed by atoms with Gasteiger partial charge in [0.25, 0.3) is 0 Å². The molecule has 0 aromatic heterocycles. The molecule has 1 aromatic carbocycles. The second-order valence-corrected chi connectivity index (χ2v) is 10.2. The molecule has 1 heterocycles. The van der Waals surface area contributed by atoms with Gasteiger partial charge < -0.3 is 10.2 Å². The minimum atomic E-state index is 0.133. The molecule has 1 N–H and O–H groups in total. The van der Waals surface area contributed by atoms with E-state index >= 15 is 0 Å². The Hall–Kier alpha value is -1.35. The summed E-state index contributed by atoms with van der Waals surface area (Å²) in [4.78, 5) is 5.90. The van der Waals surface area contributed by atoms with Gasteiger partial charge in [0.15, 0.2) is 0 Å². The van der Waals surface area contributed by atoms with Crippen LogP contribution in [0, 0.1) is 11.3 Å². The summed E-state index contributed by atoms with van der Waals surface area (Å²) in [6.45, 7) is 11.6. The lowest BCUT2D eigenvalue weighted by Crippen LogP contribution is -2.49. The van der Waals surface area contributed by atoms with Crippen LogP contribution in [0.3, 0.4) is 0 Å². The Morgan fingerprint density at radius 1 is 1.14 bits per heavy atom. The van der Waals surface area contributed by atoms with Gasteiger partial charge in [0, 0.05) is 11.6 Å². The van der Waals surface area contributed by atoms with Crippen molar-refractivity contribution in [1.29, 1.82) is 0 Å². The number of rotatable bonds is 4. The van der Waals surface area contributed by atoms with E-state index < -0.39 is 0 Å². The largest absolute Gasteiger partial charge is 0.393 e. The number of fused-ring (bicyclic) bond motifs is 3. The number of hydrogen-bond donors (Lipinski definition) is 1. The molecule has 28 heavy (non-hydrogen) atoms. The van der Waals surface area contributed by atoms with Crippen molar-refractivity contribution < 1.29 is 4.84 Å². The first-order valence-electron chi connectivity index (χ1n) is 11.5. The maximum Gasteiger partial charge on any atom is 0.130 e. The second kappa shape index (κ2) is 7.82. The molecule has 0 bridgehead atoms. The second-order valence-electron chi connectivity index (χ2n) is 10.2. The van der Waals surface area contributed by atoms with Gasteiger partial charge in [-0.05, 0) is 85.6 Å². The summed E-state index contributed by atoms with van der Waals surface area (Å²) in [5.74, 6) is 1.25. The number of hydrogen-bond acceptors (Lipinski definition) is 3. The summed E-state index contributed by atoms with van der Waals surface area (Å²) in [5, 5.41) is 7.95. The molecule has 0 radical (unpaired) electrons. The van der Waals surface area contributed by atoms with Crippen molar-refractivity contribution in [3.63, 3.8) is 0 Å². The molecule has 1 aromatic rings. The van der Waals surface area contributed by atoms with Crippen LogP contribution in [0.5, 0.6) is 0 Å². The van der Waals surface area contributed by atoms with Crippen molar-refractivity contribution in [3.05, 3.63) is 34.9 Å². The summed E-state index contributed by atoms with van der Waals surface area (Å²) in [6.07, 6.45) is 10.9. The molecule has 0 unspecified atom stereocenters. The van der Waals surface area contributed by atoms with Crippen molar-refractivity contribution in [2.45, 2.75) is 90.1 Å². The zero-order valence-corrected chi connectivity index (χ0v) is 18.3. The summed E-state index contributed by atoms with van der Waals surface area (Å²) < 4.78 is 0. The van der Waals surface area contributed by atoms with E-state index in [2.05, 4.69) is 62.6 Å².